The Morgan fingerprint density at radius 2 is 1.71 bits per heavy atom. The number of piperazine rings is 2. The summed E-state index contributed by atoms with van der Waals surface area (Å²) in [6, 6.07) is 6.04. The molecule has 1 aromatic carbocycles. The molecule has 3 aliphatic rings. The van der Waals surface area contributed by atoms with Crippen molar-refractivity contribution in [3.63, 3.8) is 0 Å². The van der Waals surface area contributed by atoms with Gasteiger partial charge in [-0.25, -0.2) is 0 Å². The first kappa shape index (κ1) is 15.4. The van der Waals surface area contributed by atoms with E-state index in [-0.39, 0.29) is 30.3 Å². The van der Waals surface area contributed by atoms with Gasteiger partial charge in [0.15, 0.2) is 0 Å². The van der Waals surface area contributed by atoms with Crippen LogP contribution in [0.3, 0.4) is 0 Å². The molecule has 0 unspecified atom stereocenters. The van der Waals surface area contributed by atoms with Crippen molar-refractivity contribution >= 4 is 29.3 Å². The van der Waals surface area contributed by atoms with Gasteiger partial charge in [0, 0.05) is 19.6 Å². The maximum Gasteiger partial charge on any atom is 0.255 e. The minimum atomic E-state index is -0.563. The third-order valence-electron chi connectivity index (χ3n) is 5.16. The van der Waals surface area contributed by atoms with Gasteiger partial charge in [-0.2, -0.15) is 0 Å². The van der Waals surface area contributed by atoms with E-state index in [0.717, 1.165) is 12.8 Å². The Morgan fingerprint density at radius 3 is 2.50 bits per heavy atom. The molecule has 2 atom stereocenters. The van der Waals surface area contributed by atoms with Crippen molar-refractivity contribution in [2.75, 3.05) is 26.2 Å². The number of hydrogen-bond donors (Lipinski definition) is 0. The van der Waals surface area contributed by atoms with Crippen molar-refractivity contribution in [1.82, 2.24) is 14.7 Å². The van der Waals surface area contributed by atoms with E-state index in [2.05, 4.69) is 0 Å². The first-order valence-corrected chi connectivity index (χ1v) is 8.60. The summed E-state index contributed by atoms with van der Waals surface area (Å²) in [4.78, 5) is 43.0. The molecule has 126 valence electrons. The molecule has 0 aliphatic carbocycles. The van der Waals surface area contributed by atoms with Crippen molar-refractivity contribution < 1.29 is 14.4 Å². The second kappa shape index (κ2) is 5.77. The van der Waals surface area contributed by atoms with Gasteiger partial charge in [-0.1, -0.05) is 23.7 Å². The molecular weight excluding hydrogens is 330 g/mol. The van der Waals surface area contributed by atoms with Gasteiger partial charge in [0.05, 0.1) is 17.1 Å². The van der Waals surface area contributed by atoms with Gasteiger partial charge in [-0.05, 0) is 25.0 Å². The molecule has 0 N–H and O–H groups in total. The Hall–Kier alpha value is -2.08. The SMILES string of the molecule is O=C(c1ccccc1Cl)N1CCN2C(=O)[C@H]3CCCN3C(=O)[C@H]2C1. The molecule has 3 heterocycles. The summed E-state index contributed by atoms with van der Waals surface area (Å²) in [5.41, 5.74) is 0.432. The lowest BCUT2D eigenvalue weighted by atomic mass is 10.0. The Bertz CT molecular complexity index is 723. The predicted molar refractivity (Wildman–Crippen MR) is 87.6 cm³/mol. The van der Waals surface area contributed by atoms with Crippen LogP contribution in [0.2, 0.25) is 5.02 Å². The third kappa shape index (κ3) is 2.28. The first-order valence-electron chi connectivity index (χ1n) is 8.22. The summed E-state index contributed by atoms with van der Waals surface area (Å²) in [6.45, 7) is 1.69. The highest BCUT2D eigenvalue weighted by molar-refractivity contribution is 6.33. The summed E-state index contributed by atoms with van der Waals surface area (Å²) in [6.07, 6.45) is 1.61. The van der Waals surface area contributed by atoms with Gasteiger partial charge in [0.25, 0.3) is 5.91 Å². The standard InChI is InChI=1S/C17H18ClN3O3/c18-12-5-2-1-4-11(12)15(22)19-8-9-21-14(10-19)17(24)20-7-3-6-13(20)16(21)23/h1-2,4-5,13-14H,3,6-10H2/t13-,14-/m1/s1. The normalized spacial score (nSPS) is 26.5. The molecular formula is C17H18ClN3O3. The van der Waals surface area contributed by atoms with Crippen molar-refractivity contribution in [2.45, 2.75) is 24.9 Å². The number of hydrogen-bond acceptors (Lipinski definition) is 3. The highest BCUT2D eigenvalue weighted by Crippen LogP contribution is 2.29. The van der Waals surface area contributed by atoms with Gasteiger partial charge in [-0.3, -0.25) is 14.4 Å². The predicted octanol–water partition coefficient (Wildman–Crippen LogP) is 0.998. The number of amides is 3. The molecule has 3 amide bonds. The number of carbonyl (C=O) groups excluding carboxylic acids is 3. The van der Waals surface area contributed by atoms with Gasteiger partial charge < -0.3 is 14.7 Å². The summed E-state index contributed by atoms with van der Waals surface area (Å²) in [5.74, 6) is -0.195. The van der Waals surface area contributed by atoms with E-state index in [9.17, 15) is 14.4 Å². The Kier molecular flexibility index (Phi) is 3.72. The molecule has 0 spiro atoms. The summed E-state index contributed by atoms with van der Waals surface area (Å²) in [7, 11) is 0. The minimum absolute atomic E-state index is 0.0296. The van der Waals surface area contributed by atoms with Gasteiger partial charge in [0.2, 0.25) is 11.8 Å². The van der Waals surface area contributed by atoms with Crippen molar-refractivity contribution in [1.29, 1.82) is 0 Å². The zero-order valence-electron chi connectivity index (χ0n) is 13.2. The highest BCUT2D eigenvalue weighted by Gasteiger charge is 2.50. The molecule has 3 saturated heterocycles. The number of carbonyl (C=O) groups is 3. The summed E-state index contributed by atoms with van der Waals surface area (Å²) in [5, 5.41) is 0.399. The zero-order chi connectivity index (χ0) is 16.8. The molecule has 0 aromatic heterocycles. The minimum Gasteiger partial charge on any atom is -0.334 e. The quantitative estimate of drug-likeness (QED) is 0.761. The van der Waals surface area contributed by atoms with Crippen LogP contribution in [0, 0.1) is 0 Å². The monoisotopic (exact) mass is 347 g/mol. The largest absolute Gasteiger partial charge is 0.334 e. The van der Waals surface area contributed by atoms with Crippen molar-refractivity contribution in [3.8, 4) is 0 Å². The molecule has 6 nitrogen and oxygen atoms in total. The maximum atomic E-state index is 12.7. The lowest BCUT2D eigenvalue weighted by Crippen LogP contribution is -2.69. The van der Waals surface area contributed by atoms with E-state index >= 15 is 0 Å². The number of halogens is 1. The van der Waals surface area contributed by atoms with Gasteiger partial charge in [0.1, 0.15) is 12.1 Å². The van der Waals surface area contributed by atoms with Crippen LogP contribution in [0.15, 0.2) is 24.3 Å². The molecule has 7 heteroatoms. The topological polar surface area (TPSA) is 60.9 Å². The Labute approximate surface area is 144 Å². The van der Waals surface area contributed by atoms with E-state index in [1.54, 1.807) is 39.0 Å². The van der Waals surface area contributed by atoms with Crippen LogP contribution >= 0.6 is 11.6 Å². The maximum absolute atomic E-state index is 12.7. The van der Waals surface area contributed by atoms with Gasteiger partial charge >= 0.3 is 0 Å². The van der Waals surface area contributed by atoms with E-state index in [4.69, 9.17) is 11.6 Å². The average Bonchev–Trinajstić information content (AvgIpc) is 3.09. The fraction of sp³-hybridized carbons (Fsp3) is 0.471. The number of rotatable bonds is 1. The highest BCUT2D eigenvalue weighted by atomic mass is 35.5. The first-order chi connectivity index (χ1) is 11.6. The zero-order valence-corrected chi connectivity index (χ0v) is 13.9. The van der Waals surface area contributed by atoms with Crippen LogP contribution in [0.1, 0.15) is 23.2 Å². The molecule has 0 radical (unpaired) electrons. The number of fused-ring (bicyclic) bond motifs is 2. The average molecular weight is 348 g/mol. The second-order valence-electron chi connectivity index (χ2n) is 6.47. The van der Waals surface area contributed by atoms with Crippen molar-refractivity contribution in [3.05, 3.63) is 34.9 Å². The third-order valence-corrected chi connectivity index (χ3v) is 5.49. The molecule has 3 aliphatic heterocycles. The lowest BCUT2D eigenvalue weighted by molar-refractivity contribution is -0.162. The molecule has 4 rings (SSSR count). The van der Waals surface area contributed by atoms with Crippen LogP contribution in [-0.4, -0.2) is 70.7 Å². The molecule has 1 aromatic rings. The van der Waals surface area contributed by atoms with Gasteiger partial charge in [-0.15, -0.1) is 0 Å². The molecule has 3 fully saturated rings. The van der Waals surface area contributed by atoms with Crippen LogP contribution in [0.25, 0.3) is 0 Å². The van der Waals surface area contributed by atoms with E-state index in [1.807, 2.05) is 0 Å². The molecule has 0 bridgehead atoms. The van der Waals surface area contributed by atoms with Crippen LogP contribution < -0.4 is 0 Å². The summed E-state index contributed by atoms with van der Waals surface area (Å²) < 4.78 is 0. The van der Waals surface area contributed by atoms with Crippen LogP contribution in [0.4, 0.5) is 0 Å². The van der Waals surface area contributed by atoms with Crippen LogP contribution in [0.5, 0.6) is 0 Å². The Morgan fingerprint density at radius 1 is 1.00 bits per heavy atom. The second-order valence-corrected chi connectivity index (χ2v) is 6.88. The van der Waals surface area contributed by atoms with E-state index < -0.39 is 6.04 Å². The van der Waals surface area contributed by atoms with E-state index in [0.29, 0.717) is 30.2 Å². The Balaban J connectivity index is 1.57. The summed E-state index contributed by atoms with van der Waals surface area (Å²) >= 11 is 6.11. The molecule has 0 saturated carbocycles. The van der Waals surface area contributed by atoms with Crippen LogP contribution in [-0.2, 0) is 9.59 Å². The smallest absolute Gasteiger partial charge is 0.255 e. The lowest BCUT2D eigenvalue weighted by Gasteiger charge is -2.47. The molecule has 24 heavy (non-hydrogen) atoms. The fourth-order valence-corrected chi connectivity index (χ4v) is 4.13. The fourth-order valence-electron chi connectivity index (χ4n) is 3.92. The van der Waals surface area contributed by atoms with E-state index in [1.165, 1.54) is 0 Å². The number of benzene rings is 1. The van der Waals surface area contributed by atoms with Crippen molar-refractivity contribution in [2.24, 2.45) is 0 Å². The number of nitrogens with zero attached hydrogens (tertiary/aromatic N) is 3.